The van der Waals surface area contributed by atoms with Crippen LogP contribution in [0.2, 0.25) is 0 Å². The fraction of sp³-hybridized carbons (Fsp3) is 0.389. The summed E-state index contributed by atoms with van der Waals surface area (Å²) in [6.45, 7) is 8.85. The Morgan fingerprint density at radius 2 is 1.95 bits per heavy atom. The molecule has 1 heterocycles. The Morgan fingerprint density at radius 3 is 2.45 bits per heavy atom. The van der Waals surface area contributed by atoms with Gasteiger partial charge in [-0.25, -0.2) is 0 Å². The fourth-order valence-electron chi connectivity index (χ4n) is 2.22. The Kier molecular flexibility index (Phi) is 6.08. The molecule has 0 aliphatic rings. The third-order valence-corrected chi connectivity index (χ3v) is 3.99. The molecule has 2 rings (SSSR count). The molecule has 20 heavy (non-hydrogen) atoms. The molecule has 1 nitrogen and oxygen atoms in total. The Labute approximate surface area is 135 Å². The first-order valence-electron chi connectivity index (χ1n) is 6.99. The van der Waals surface area contributed by atoms with E-state index in [0.717, 1.165) is 12.1 Å². The second kappa shape index (κ2) is 7.13. The van der Waals surface area contributed by atoms with Crippen molar-refractivity contribution in [2.45, 2.75) is 45.4 Å². The van der Waals surface area contributed by atoms with Crippen molar-refractivity contribution in [3.63, 3.8) is 0 Å². The maximum atomic E-state index is 4.68. The summed E-state index contributed by atoms with van der Waals surface area (Å²) in [6, 6.07) is 15.8. The van der Waals surface area contributed by atoms with E-state index in [1.54, 1.807) is 0 Å². The molecule has 1 atom stereocenters. The summed E-state index contributed by atoms with van der Waals surface area (Å²) >= 11 is 0. The molecule has 1 unspecified atom stereocenters. The molecule has 0 aliphatic heterocycles. The van der Waals surface area contributed by atoms with Crippen molar-refractivity contribution in [1.82, 2.24) is 4.98 Å². The van der Waals surface area contributed by atoms with Crippen molar-refractivity contribution in [2.75, 3.05) is 0 Å². The molecule has 2 aromatic rings. The van der Waals surface area contributed by atoms with Crippen molar-refractivity contribution < 1.29 is 19.5 Å². The first-order valence-corrected chi connectivity index (χ1v) is 6.99. The second-order valence-corrected chi connectivity index (χ2v) is 5.69. The molecule has 0 aliphatic carbocycles. The normalized spacial score (nSPS) is 12.6. The minimum atomic E-state index is -0.102. The summed E-state index contributed by atoms with van der Waals surface area (Å²) in [6.07, 6.45) is 3.17. The minimum Gasteiger partial charge on any atom is -0.260 e. The van der Waals surface area contributed by atoms with E-state index in [2.05, 4.69) is 63.0 Å². The molecule has 0 bridgehead atoms. The molecule has 0 saturated carbocycles. The van der Waals surface area contributed by atoms with E-state index >= 15 is 0 Å². The summed E-state index contributed by atoms with van der Waals surface area (Å²) in [4.78, 5) is 4.68. The van der Waals surface area contributed by atoms with E-state index in [1.165, 1.54) is 11.1 Å². The number of benzene rings is 1. The Bertz CT molecular complexity index is 517. The average Bonchev–Trinajstić information content (AvgIpc) is 2.47. The molecular weight excluding hydrogens is 333 g/mol. The summed E-state index contributed by atoms with van der Waals surface area (Å²) in [5.41, 5.74) is 3.50. The van der Waals surface area contributed by atoms with Gasteiger partial charge in [-0.1, -0.05) is 33.8 Å². The SMILES string of the molecule is CCC(C)c1ccc(C(C)(C)c2[c-]cccc2)nc1.[Rh]. The molecule has 1 radical (unpaired) electrons. The summed E-state index contributed by atoms with van der Waals surface area (Å²) in [5, 5.41) is 0. The van der Waals surface area contributed by atoms with Crippen molar-refractivity contribution >= 4 is 0 Å². The van der Waals surface area contributed by atoms with Crippen molar-refractivity contribution in [1.29, 1.82) is 0 Å². The van der Waals surface area contributed by atoms with Gasteiger partial charge in [-0.3, -0.25) is 4.98 Å². The van der Waals surface area contributed by atoms with Crippen LogP contribution in [0.5, 0.6) is 0 Å². The Balaban J connectivity index is 0.00000200. The first kappa shape index (κ1) is 17.0. The van der Waals surface area contributed by atoms with Crippen molar-refractivity contribution in [2.24, 2.45) is 0 Å². The van der Waals surface area contributed by atoms with Gasteiger partial charge in [0.2, 0.25) is 0 Å². The summed E-state index contributed by atoms with van der Waals surface area (Å²) < 4.78 is 0. The molecule has 0 N–H and O–H groups in total. The zero-order valence-electron chi connectivity index (χ0n) is 12.6. The zero-order valence-corrected chi connectivity index (χ0v) is 14.2. The average molecular weight is 355 g/mol. The van der Waals surface area contributed by atoms with Gasteiger partial charge in [0.1, 0.15) is 0 Å². The van der Waals surface area contributed by atoms with Gasteiger partial charge in [0.05, 0.1) is 0 Å². The number of pyridine rings is 1. The topological polar surface area (TPSA) is 12.9 Å². The van der Waals surface area contributed by atoms with Crippen LogP contribution >= 0.6 is 0 Å². The van der Waals surface area contributed by atoms with E-state index in [9.17, 15) is 0 Å². The van der Waals surface area contributed by atoms with E-state index in [1.807, 2.05) is 18.3 Å². The van der Waals surface area contributed by atoms with Gasteiger partial charge in [-0.2, -0.15) is 35.9 Å². The number of hydrogen-bond donors (Lipinski definition) is 0. The third kappa shape index (κ3) is 3.55. The van der Waals surface area contributed by atoms with Gasteiger partial charge in [-0.15, -0.1) is 0 Å². The molecule has 0 fully saturated rings. The van der Waals surface area contributed by atoms with E-state index in [-0.39, 0.29) is 24.9 Å². The fourth-order valence-corrected chi connectivity index (χ4v) is 2.22. The summed E-state index contributed by atoms with van der Waals surface area (Å²) in [5.74, 6) is 0.577. The monoisotopic (exact) mass is 355 g/mol. The van der Waals surface area contributed by atoms with Gasteiger partial charge in [0.15, 0.2) is 0 Å². The van der Waals surface area contributed by atoms with Gasteiger partial charge in [0.25, 0.3) is 0 Å². The second-order valence-electron chi connectivity index (χ2n) is 5.69. The third-order valence-electron chi connectivity index (χ3n) is 3.99. The number of nitrogens with zero attached hydrogens (tertiary/aromatic N) is 1. The number of aromatic nitrogens is 1. The van der Waals surface area contributed by atoms with Crippen LogP contribution in [0.1, 0.15) is 56.9 Å². The molecule has 109 valence electrons. The van der Waals surface area contributed by atoms with Crippen LogP contribution in [-0.2, 0) is 24.9 Å². The quantitative estimate of drug-likeness (QED) is 0.571. The summed E-state index contributed by atoms with van der Waals surface area (Å²) in [7, 11) is 0. The molecule has 1 aromatic carbocycles. The molecule has 1 aromatic heterocycles. The standard InChI is InChI=1S/C18H22N.Rh/c1-5-14(2)15-11-12-17(19-13-15)18(3,4)16-9-7-6-8-10-16;/h6-9,11-14H,5H2,1-4H3;/q-1;. The zero-order chi connectivity index (χ0) is 13.9. The largest absolute Gasteiger partial charge is 0.260 e. The molecule has 2 heteroatoms. The minimum absolute atomic E-state index is 0. The van der Waals surface area contributed by atoms with Crippen LogP contribution in [0.3, 0.4) is 0 Å². The van der Waals surface area contributed by atoms with E-state index < -0.39 is 0 Å². The molecule has 0 amide bonds. The van der Waals surface area contributed by atoms with Gasteiger partial charge in [-0.05, 0) is 24.0 Å². The van der Waals surface area contributed by atoms with Crippen LogP contribution in [0, 0.1) is 6.07 Å². The van der Waals surface area contributed by atoms with E-state index in [0.29, 0.717) is 5.92 Å². The van der Waals surface area contributed by atoms with Crippen molar-refractivity contribution in [3.05, 3.63) is 65.5 Å². The van der Waals surface area contributed by atoms with Gasteiger partial charge >= 0.3 is 0 Å². The van der Waals surface area contributed by atoms with Crippen LogP contribution in [0.4, 0.5) is 0 Å². The van der Waals surface area contributed by atoms with Crippen LogP contribution in [0.25, 0.3) is 0 Å². The van der Waals surface area contributed by atoms with Gasteiger partial charge in [0, 0.05) is 36.8 Å². The molecular formula is C18H22NRh-. The van der Waals surface area contributed by atoms with Crippen molar-refractivity contribution in [3.8, 4) is 0 Å². The maximum absolute atomic E-state index is 4.68. The number of rotatable bonds is 4. The Morgan fingerprint density at radius 1 is 1.20 bits per heavy atom. The first-order chi connectivity index (χ1) is 9.05. The number of hydrogen-bond acceptors (Lipinski definition) is 1. The maximum Gasteiger partial charge on any atom is 0.0482 e. The van der Waals surface area contributed by atoms with Gasteiger partial charge < -0.3 is 0 Å². The Hall–Kier alpha value is -1.01. The molecule has 0 spiro atoms. The van der Waals surface area contributed by atoms with Crippen LogP contribution in [-0.4, -0.2) is 4.98 Å². The van der Waals surface area contributed by atoms with Crippen LogP contribution in [0.15, 0.2) is 42.6 Å². The smallest absolute Gasteiger partial charge is 0.0482 e. The predicted octanol–water partition coefficient (Wildman–Crippen LogP) is 4.72. The molecule has 0 saturated heterocycles. The van der Waals surface area contributed by atoms with E-state index in [4.69, 9.17) is 0 Å². The predicted molar refractivity (Wildman–Crippen MR) is 80.3 cm³/mol. The van der Waals surface area contributed by atoms with Crippen LogP contribution < -0.4 is 0 Å².